The largest absolute Gasteiger partial charge is 0.349 e. The number of carbonyl (C=O) groups excluding carboxylic acids is 1. The van der Waals surface area contributed by atoms with Crippen LogP contribution in [0.2, 0.25) is 0 Å². The molecule has 0 saturated heterocycles. The third-order valence-corrected chi connectivity index (χ3v) is 5.94. The number of nitrogens with zero attached hydrogens (tertiary/aromatic N) is 3. The van der Waals surface area contributed by atoms with Gasteiger partial charge in [0, 0.05) is 13.2 Å². The number of rotatable bonds is 6. The predicted octanol–water partition coefficient (Wildman–Crippen LogP) is 5.71. The summed E-state index contributed by atoms with van der Waals surface area (Å²) in [5.74, 6) is -0.188. The lowest BCUT2D eigenvalue weighted by atomic mass is 9.98. The van der Waals surface area contributed by atoms with Gasteiger partial charge in [-0.3, -0.25) is 4.79 Å². The van der Waals surface area contributed by atoms with Crippen molar-refractivity contribution in [2.45, 2.75) is 13.0 Å². The Bertz CT molecular complexity index is 1380. The number of aromatic nitrogens is 3. The molecule has 0 spiro atoms. The maximum absolute atomic E-state index is 13.8. The monoisotopic (exact) mass is 446 g/mol. The molecular formula is C29H26N4O. The van der Waals surface area contributed by atoms with Crippen LogP contribution in [0.5, 0.6) is 0 Å². The van der Waals surface area contributed by atoms with E-state index in [9.17, 15) is 4.79 Å². The van der Waals surface area contributed by atoms with Gasteiger partial charge < -0.3 is 9.88 Å². The fourth-order valence-electron chi connectivity index (χ4n) is 4.21. The summed E-state index contributed by atoms with van der Waals surface area (Å²) in [6.45, 7) is 2.03. The molecule has 34 heavy (non-hydrogen) atoms. The maximum atomic E-state index is 13.8. The molecule has 3 aromatic carbocycles. The summed E-state index contributed by atoms with van der Waals surface area (Å²) in [6.07, 6.45) is 1.97. The first-order chi connectivity index (χ1) is 16.6. The molecule has 5 rings (SSSR count). The van der Waals surface area contributed by atoms with Crippen LogP contribution in [0.1, 0.15) is 33.2 Å². The number of nitrogens with one attached hydrogen (secondary N) is 1. The molecule has 0 unspecified atom stereocenters. The molecule has 0 radical (unpaired) electrons. The van der Waals surface area contributed by atoms with E-state index < -0.39 is 0 Å². The Morgan fingerprint density at radius 1 is 0.824 bits per heavy atom. The third kappa shape index (κ3) is 4.28. The van der Waals surface area contributed by atoms with Gasteiger partial charge in [0.15, 0.2) is 0 Å². The van der Waals surface area contributed by atoms with Crippen molar-refractivity contribution in [1.29, 1.82) is 0 Å². The van der Waals surface area contributed by atoms with Crippen molar-refractivity contribution in [3.63, 3.8) is 0 Å². The van der Waals surface area contributed by atoms with Gasteiger partial charge >= 0.3 is 0 Å². The van der Waals surface area contributed by atoms with Crippen molar-refractivity contribution in [2.24, 2.45) is 7.05 Å². The van der Waals surface area contributed by atoms with Crippen LogP contribution in [-0.2, 0) is 7.05 Å². The van der Waals surface area contributed by atoms with Crippen molar-refractivity contribution in [3.8, 4) is 17.1 Å². The first-order valence-electron chi connectivity index (χ1n) is 11.3. The molecule has 0 bridgehead atoms. The fraction of sp³-hybridized carbons (Fsp3) is 0.103. The molecule has 1 N–H and O–H groups in total. The van der Waals surface area contributed by atoms with Crippen molar-refractivity contribution in [2.75, 3.05) is 0 Å². The number of benzene rings is 3. The van der Waals surface area contributed by atoms with Gasteiger partial charge in [-0.25, -0.2) is 4.68 Å². The van der Waals surface area contributed by atoms with E-state index in [1.54, 1.807) is 4.68 Å². The van der Waals surface area contributed by atoms with Gasteiger partial charge in [0.25, 0.3) is 5.91 Å². The van der Waals surface area contributed by atoms with E-state index >= 15 is 0 Å². The first kappa shape index (κ1) is 21.5. The van der Waals surface area contributed by atoms with Crippen molar-refractivity contribution < 1.29 is 4.79 Å². The van der Waals surface area contributed by atoms with Gasteiger partial charge in [-0.15, -0.1) is 0 Å². The summed E-state index contributed by atoms with van der Waals surface area (Å²) >= 11 is 0. The van der Waals surface area contributed by atoms with Crippen molar-refractivity contribution in [3.05, 3.63) is 132 Å². The molecule has 1 amide bonds. The molecule has 0 aliphatic carbocycles. The van der Waals surface area contributed by atoms with E-state index in [0.29, 0.717) is 5.69 Å². The van der Waals surface area contributed by atoms with E-state index in [4.69, 9.17) is 5.10 Å². The Kier molecular flexibility index (Phi) is 5.83. The topological polar surface area (TPSA) is 51.9 Å². The number of aryl methyl sites for hydroxylation is 2. The second kappa shape index (κ2) is 9.24. The Labute approximate surface area is 199 Å². The highest BCUT2D eigenvalue weighted by molar-refractivity contribution is 5.94. The Balaban J connectivity index is 1.58. The molecule has 5 aromatic rings. The molecule has 0 saturated carbocycles. The molecule has 0 fully saturated rings. The van der Waals surface area contributed by atoms with Crippen LogP contribution in [0.15, 0.2) is 109 Å². The van der Waals surface area contributed by atoms with Gasteiger partial charge in [-0.1, -0.05) is 72.8 Å². The minimum atomic E-state index is -0.283. The Hall–Kier alpha value is -4.38. The standard InChI is InChI=1S/C29H26N4O/c1-21-11-9-16-24(19-21)33-27(20-25(31-33)26-17-10-18-32(26)2)29(34)30-28(22-12-5-3-6-13-22)23-14-7-4-8-15-23/h3-20,28H,1-2H3,(H,30,34). The van der Waals surface area contributed by atoms with Gasteiger partial charge in [-0.2, -0.15) is 5.10 Å². The van der Waals surface area contributed by atoms with Crippen LogP contribution >= 0.6 is 0 Å². The van der Waals surface area contributed by atoms with E-state index in [1.807, 2.05) is 128 Å². The summed E-state index contributed by atoms with van der Waals surface area (Å²) in [4.78, 5) is 13.8. The third-order valence-electron chi connectivity index (χ3n) is 5.94. The summed E-state index contributed by atoms with van der Waals surface area (Å²) in [5, 5.41) is 8.09. The lowest BCUT2D eigenvalue weighted by Crippen LogP contribution is -2.31. The zero-order valence-electron chi connectivity index (χ0n) is 19.2. The SMILES string of the molecule is Cc1cccc(-n2nc(-c3cccn3C)cc2C(=O)NC(c2ccccc2)c2ccccc2)c1. The zero-order valence-corrected chi connectivity index (χ0v) is 19.2. The van der Waals surface area contributed by atoms with Gasteiger partial charge in [0.05, 0.1) is 17.4 Å². The second-order valence-electron chi connectivity index (χ2n) is 8.40. The smallest absolute Gasteiger partial charge is 0.270 e. The lowest BCUT2D eigenvalue weighted by molar-refractivity contribution is 0.0935. The summed E-state index contributed by atoms with van der Waals surface area (Å²) in [7, 11) is 1.97. The molecule has 168 valence electrons. The lowest BCUT2D eigenvalue weighted by Gasteiger charge is -2.20. The average Bonchev–Trinajstić information content (AvgIpc) is 3.50. The molecule has 5 heteroatoms. The summed E-state index contributed by atoms with van der Waals surface area (Å²) in [6, 6.07) is 33.6. The molecule has 2 heterocycles. The van der Waals surface area contributed by atoms with Crippen LogP contribution in [-0.4, -0.2) is 20.3 Å². The van der Waals surface area contributed by atoms with E-state index in [0.717, 1.165) is 33.8 Å². The summed E-state index contributed by atoms with van der Waals surface area (Å²) < 4.78 is 3.74. The first-order valence-corrected chi connectivity index (χ1v) is 11.3. The van der Waals surface area contributed by atoms with Gasteiger partial charge in [-0.05, 0) is 53.9 Å². The normalized spacial score (nSPS) is 11.0. The van der Waals surface area contributed by atoms with Crippen LogP contribution in [0.4, 0.5) is 0 Å². The van der Waals surface area contributed by atoms with E-state index in [-0.39, 0.29) is 11.9 Å². The zero-order chi connectivity index (χ0) is 23.5. The van der Waals surface area contributed by atoms with E-state index in [2.05, 4.69) is 5.32 Å². The maximum Gasteiger partial charge on any atom is 0.270 e. The number of hydrogen-bond donors (Lipinski definition) is 1. The Morgan fingerprint density at radius 3 is 2.09 bits per heavy atom. The van der Waals surface area contributed by atoms with E-state index in [1.165, 1.54) is 0 Å². The second-order valence-corrected chi connectivity index (χ2v) is 8.40. The summed E-state index contributed by atoms with van der Waals surface area (Å²) in [5.41, 5.74) is 6.17. The van der Waals surface area contributed by atoms with Crippen LogP contribution in [0, 0.1) is 6.92 Å². The van der Waals surface area contributed by atoms with Gasteiger partial charge in [0.1, 0.15) is 11.4 Å². The average molecular weight is 447 g/mol. The predicted molar refractivity (Wildman–Crippen MR) is 135 cm³/mol. The van der Waals surface area contributed by atoms with Crippen molar-refractivity contribution >= 4 is 5.91 Å². The minimum Gasteiger partial charge on any atom is -0.349 e. The number of amides is 1. The number of carbonyl (C=O) groups is 1. The highest BCUT2D eigenvalue weighted by atomic mass is 16.2. The van der Waals surface area contributed by atoms with Crippen molar-refractivity contribution in [1.82, 2.24) is 19.7 Å². The molecule has 0 atom stereocenters. The van der Waals surface area contributed by atoms with Gasteiger partial charge in [0.2, 0.25) is 0 Å². The molecule has 0 aliphatic rings. The highest BCUT2D eigenvalue weighted by Gasteiger charge is 2.23. The van der Waals surface area contributed by atoms with Crippen LogP contribution in [0.3, 0.4) is 0 Å². The Morgan fingerprint density at radius 2 is 1.50 bits per heavy atom. The molecule has 2 aromatic heterocycles. The van der Waals surface area contributed by atoms with Crippen LogP contribution < -0.4 is 5.32 Å². The molecular weight excluding hydrogens is 420 g/mol. The fourth-order valence-corrected chi connectivity index (χ4v) is 4.21. The molecule has 0 aliphatic heterocycles. The molecule has 5 nitrogen and oxygen atoms in total. The van der Waals surface area contributed by atoms with Crippen LogP contribution in [0.25, 0.3) is 17.1 Å². The number of hydrogen-bond acceptors (Lipinski definition) is 2. The quantitative estimate of drug-likeness (QED) is 0.363. The highest BCUT2D eigenvalue weighted by Crippen LogP contribution is 2.25. The minimum absolute atomic E-state index is 0.188.